The fourth-order valence-corrected chi connectivity index (χ4v) is 5.11. The lowest BCUT2D eigenvalue weighted by atomic mass is 10.1. The van der Waals surface area contributed by atoms with Crippen LogP contribution in [-0.4, -0.2) is 56.9 Å². The van der Waals surface area contributed by atoms with Gasteiger partial charge in [0.15, 0.2) is 9.84 Å². The van der Waals surface area contributed by atoms with Crippen molar-refractivity contribution in [1.29, 1.82) is 0 Å². The fraction of sp³-hybridized carbons (Fsp3) is 0.500. The van der Waals surface area contributed by atoms with E-state index >= 15 is 0 Å². The Morgan fingerprint density at radius 3 is 2.70 bits per heavy atom. The molecule has 9 heteroatoms. The maximum Gasteiger partial charge on any atom is 0.340 e. The lowest BCUT2D eigenvalue weighted by Gasteiger charge is -2.20. The summed E-state index contributed by atoms with van der Waals surface area (Å²) >= 11 is 0. The highest BCUT2D eigenvalue weighted by Crippen LogP contribution is 2.29. The third kappa shape index (κ3) is 4.29. The zero-order chi connectivity index (χ0) is 19.6. The van der Waals surface area contributed by atoms with Gasteiger partial charge in [-0.1, -0.05) is 12.1 Å². The van der Waals surface area contributed by atoms with E-state index in [0.717, 1.165) is 0 Å². The second-order valence-corrected chi connectivity index (χ2v) is 8.98. The minimum absolute atomic E-state index is 0.0163. The summed E-state index contributed by atoms with van der Waals surface area (Å²) < 4.78 is 28.1. The Hall–Kier alpha value is -2.42. The van der Waals surface area contributed by atoms with Gasteiger partial charge in [0.05, 0.1) is 35.3 Å². The summed E-state index contributed by atoms with van der Waals surface area (Å²) in [5.74, 6) is -1.69. The van der Waals surface area contributed by atoms with E-state index in [2.05, 4.69) is 5.32 Å². The van der Waals surface area contributed by atoms with Crippen LogP contribution in [0.4, 0.5) is 5.69 Å². The van der Waals surface area contributed by atoms with Crippen LogP contribution in [0.15, 0.2) is 24.3 Å². The third-order valence-corrected chi connectivity index (χ3v) is 6.53. The summed E-state index contributed by atoms with van der Waals surface area (Å²) in [4.78, 5) is 38.5. The highest BCUT2D eigenvalue weighted by Gasteiger charge is 2.38. The van der Waals surface area contributed by atoms with Gasteiger partial charge in [0.2, 0.25) is 11.8 Å². The van der Waals surface area contributed by atoms with Gasteiger partial charge in [0.25, 0.3) is 0 Å². The van der Waals surface area contributed by atoms with Crippen LogP contribution in [0, 0.1) is 5.92 Å². The summed E-state index contributed by atoms with van der Waals surface area (Å²) in [5, 5.41) is 2.74. The van der Waals surface area contributed by atoms with Gasteiger partial charge in [0.1, 0.15) is 0 Å². The molecule has 0 aromatic heterocycles. The quantitative estimate of drug-likeness (QED) is 0.729. The minimum atomic E-state index is -3.09. The molecule has 2 saturated heterocycles. The monoisotopic (exact) mass is 394 g/mol. The zero-order valence-electron chi connectivity index (χ0n) is 15.0. The zero-order valence-corrected chi connectivity index (χ0v) is 15.8. The predicted octanol–water partition coefficient (Wildman–Crippen LogP) is 0.520. The topological polar surface area (TPSA) is 110 Å². The van der Waals surface area contributed by atoms with Crippen molar-refractivity contribution in [3.8, 4) is 0 Å². The van der Waals surface area contributed by atoms with Crippen molar-refractivity contribution in [2.45, 2.75) is 25.8 Å². The Morgan fingerprint density at radius 2 is 2.04 bits per heavy atom. The Balaban J connectivity index is 1.71. The van der Waals surface area contributed by atoms with E-state index < -0.39 is 27.8 Å². The van der Waals surface area contributed by atoms with Crippen LogP contribution < -0.4 is 10.2 Å². The van der Waals surface area contributed by atoms with Gasteiger partial charge in [-0.25, -0.2) is 13.2 Å². The molecule has 0 spiro atoms. The molecule has 1 N–H and O–H groups in total. The molecule has 1 aromatic rings. The van der Waals surface area contributed by atoms with Gasteiger partial charge >= 0.3 is 5.97 Å². The molecule has 2 heterocycles. The van der Waals surface area contributed by atoms with E-state index in [4.69, 9.17) is 4.74 Å². The second-order valence-electron chi connectivity index (χ2n) is 6.75. The Morgan fingerprint density at radius 1 is 1.30 bits per heavy atom. The number of hydrogen-bond acceptors (Lipinski definition) is 6. The first kappa shape index (κ1) is 19.3. The summed E-state index contributed by atoms with van der Waals surface area (Å²) in [6.07, 6.45) is 0.409. The van der Waals surface area contributed by atoms with E-state index in [1.807, 2.05) is 0 Å². The van der Waals surface area contributed by atoms with Crippen molar-refractivity contribution in [3.05, 3.63) is 29.8 Å². The molecule has 0 aliphatic carbocycles. The van der Waals surface area contributed by atoms with Gasteiger partial charge in [-0.15, -0.1) is 0 Å². The molecule has 0 radical (unpaired) electrons. The lowest BCUT2D eigenvalue weighted by Crippen LogP contribution is -2.40. The number of ether oxygens (including phenoxy) is 1. The highest BCUT2D eigenvalue weighted by atomic mass is 32.2. The first-order valence-corrected chi connectivity index (χ1v) is 10.7. The normalized spacial score (nSPS) is 24.0. The molecule has 8 nitrogen and oxygen atoms in total. The van der Waals surface area contributed by atoms with Gasteiger partial charge in [-0.2, -0.15) is 0 Å². The van der Waals surface area contributed by atoms with Crippen molar-refractivity contribution in [1.82, 2.24) is 5.32 Å². The third-order valence-electron chi connectivity index (χ3n) is 4.76. The number of rotatable bonds is 5. The molecule has 2 fully saturated rings. The van der Waals surface area contributed by atoms with E-state index in [-0.39, 0.29) is 48.5 Å². The number of benzene rings is 1. The maximum absolute atomic E-state index is 12.5. The van der Waals surface area contributed by atoms with Crippen LogP contribution in [-0.2, 0) is 24.2 Å². The van der Waals surface area contributed by atoms with Crippen LogP contribution in [0.5, 0.6) is 0 Å². The van der Waals surface area contributed by atoms with Gasteiger partial charge in [-0.05, 0) is 25.5 Å². The number of nitrogens with one attached hydrogen (secondary N) is 1. The number of sulfone groups is 1. The first-order chi connectivity index (χ1) is 12.8. The van der Waals surface area contributed by atoms with Crippen molar-refractivity contribution in [2.75, 3.05) is 29.6 Å². The van der Waals surface area contributed by atoms with Crippen LogP contribution in [0.1, 0.15) is 30.1 Å². The molecular weight excluding hydrogens is 372 g/mol. The van der Waals surface area contributed by atoms with E-state index in [0.29, 0.717) is 12.1 Å². The van der Waals surface area contributed by atoms with Gasteiger partial charge in [-0.3, -0.25) is 9.59 Å². The molecule has 27 heavy (non-hydrogen) atoms. The van der Waals surface area contributed by atoms with E-state index in [9.17, 15) is 22.8 Å². The molecule has 0 saturated carbocycles. The maximum atomic E-state index is 12.5. The first-order valence-electron chi connectivity index (χ1n) is 8.88. The summed E-state index contributed by atoms with van der Waals surface area (Å²) in [7, 11) is -3.09. The predicted molar refractivity (Wildman–Crippen MR) is 98.1 cm³/mol. The molecule has 146 valence electrons. The molecule has 3 rings (SSSR count). The number of amides is 2. The average molecular weight is 394 g/mol. The Kier molecular flexibility index (Phi) is 5.50. The number of nitrogens with zero attached hydrogens (tertiary/aromatic N) is 1. The van der Waals surface area contributed by atoms with E-state index in [1.54, 1.807) is 31.2 Å². The minimum Gasteiger partial charge on any atom is -0.462 e. The number of para-hydroxylation sites is 1. The Bertz CT molecular complexity index is 866. The largest absolute Gasteiger partial charge is 0.462 e. The summed E-state index contributed by atoms with van der Waals surface area (Å²) in [5.41, 5.74) is 0.690. The Labute approximate surface area is 157 Å². The van der Waals surface area contributed by atoms with Crippen LogP contribution in [0.3, 0.4) is 0 Å². The molecule has 2 aliphatic rings. The number of carbonyl (C=O) groups excluding carboxylic acids is 3. The summed E-state index contributed by atoms with van der Waals surface area (Å²) in [6.45, 7) is 2.06. The molecular formula is C18H22N2O6S. The second kappa shape index (κ2) is 7.67. The van der Waals surface area contributed by atoms with Crippen molar-refractivity contribution in [2.24, 2.45) is 5.92 Å². The standard InChI is InChI=1S/C18H22N2O6S/c1-2-26-18(23)14-5-3-4-6-15(14)20-10-12(9-16(20)21)17(22)19-13-7-8-27(24,25)11-13/h3-6,12-13H,2,7-11H2,1H3,(H,19,22). The van der Waals surface area contributed by atoms with E-state index in [1.165, 1.54) is 4.90 Å². The van der Waals surface area contributed by atoms with Crippen molar-refractivity contribution >= 4 is 33.3 Å². The average Bonchev–Trinajstić information content (AvgIpc) is 3.17. The van der Waals surface area contributed by atoms with Crippen LogP contribution in [0.2, 0.25) is 0 Å². The molecule has 2 aliphatic heterocycles. The summed E-state index contributed by atoms with van der Waals surface area (Å²) in [6, 6.07) is 6.22. The van der Waals surface area contributed by atoms with Gasteiger partial charge < -0.3 is 15.0 Å². The fourth-order valence-electron chi connectivity index (χ4n) is 3.43. The van der Waals surface area contributed by atoms with Crippen molar-refractivity contribution in [3.63, 3.8) is 0 Å². The van der Waals surface area contributed by atoms with Crippen molar-refractivity contribution < 1.29 is 27.5 Å². The lowest BCUT2D eigenvalue weighted by molar-refractivity contribution is -0.126. The molecule has 2 atom stereocenters. The van der Waals surface area contributed by atoms with Gasteiger partial charge in [0, 0.05) is 19.0 Å². The molecule has 2 amide bonds. The molecule has 0 bridgehead atoms. The molecule has 1 aromatic carbocycles. The highest BCUT2D eigenvalue weighted by molar-refractivity contribution is 7.91. The number of carbonyl (C=O) groups is 3. The number of anilines is 1. The van der Waals surface area contributed by atoms with Crippen LogP contribution in [0.25, 0.3) is 0 Å². The molecule has 2 unspecified atom stereocenters. The smallest absolute Gasteiger partial charge is 0.340 e. The number of hydrogen-bond donors (Lipinski definition) is 1. The SMILES string of the molecule is CCOC(=O)c1ccccc1N1CC(C(=O)NC2CCS(=O)(=O)C2)CC1=O. The number of esters is 1. The van der Waals surface area contributed by atoms with Crippen LogP contribution >= 0.6 is 0 Å².